The number of amides is 1. The zero-order chi connectivity index (χ0) is 16.2. The molecule has 1 aromatic rings. The van der Waals surface area contributed by atoms with Gasteiger partial charge in [0.2, 0.25) is 15.9 Å². The number of carbonyl (C=O) groups excluding carboxylic acids is 1. The second-order valence-electron chi connectivity index (χ2n) is 5.03. The molecule has 1 rings (SSSR count). The smallest absolute Gasteiger partial charge is 0.246 e. The lowest BCUT2D eigenvalue weighted by Gasteiger charge is -2.17. The highest BCUT2D eigenvalue weighted by atomic mass is 79.9. The van der Waals surface area contributed by atoms with Crippen molar-refractivity contribution in [2.24, 2.45) is 5.92 Å². The molecule has 8 heteroatoms. The molecule has 0 aromatic heterocycles. The topological polar surface area (TPSA) is 66.5 Å². The molecule has 0 atom stereocenters. The van der Waals surface area contributed by atoms with Crippen molar-refractivity contribution in [1.82, 2.24) is 9.62 Å². The number of nitrogens with one attached hydrogen (secondary N) is 1. The van der Waals surface area contributed by atoms with Crippen LogP contribution < -0.4 is 5.32 Å². The summed E-state index contributed by atoms with van der Waals surface area (Å²) in [7, 11) is -2.80. The molecule has 0 unspecified atom stereocenters. The molecule has 0 aliphatic rings. The van der Waals surface area contributed by atoms with Crippen LogP contribution in [0.15, 0.2) is 27.6 Å². The van der Waals surface area contributed by atoms with Gasteiger partial charge in [-0.05, 0) is 24.1 Å². The average molecular weight is 381 g/mol. The largest absolute Gasteiger partial charge is 0.355 e. The van der Waals surface area contributed by atoms with E-state index in [9.17, 15) is 17.6 Å². The van der Waals surface area contributed by atoms with Crippen LogP contribution in [0.5, 0.6) is 0 Å². The van der Waals surface area contributed by atoms with Crippen LogP contribution in [0.2, 0.25) is 0 Å². The third-order valence-electron chi connectivity index (χ3n) is 2.66. The van der Waals surface area contributed by atoms with Crippen molar-refractivity contribution < 1.29 is 17.6 Å². The Morgan fingerprint density at radius 3 is 2.57 bits per heavy atom. The summed E-state index contributed by atoms with van der Waals surface area (Å²) in [4.78, 5) is 11.2. The van der Waals surface area contributed by atoms with Gasteiger partial charge in [-0.25, -0.2) is 12.8 Å². The Labute approximate surface area is 132 Å². The van der Waals surface area contributed by atoms with Gasteiger partial charge in [0.25, 0.3) is 0 Å². The first-order chi connectivity index (χ1) is 9.64. The van der Waals surface area contributed by atoms with Crippen molar-refractivity contribution in [1.29, 1.82) is 0 Å². The van der Waals surface area contributed by atoms with Crippen LogP contribution in [0, 0.1) is 11.7 Å². The standard InChI is InChI=1S/C13H18BrFN2O3S/c1-9(2)7-16-13(18)8-17(3)21(19,20)12-5-4-10(14)6-11(12)15/h4-6,9H,7-8H2,1-3H3,(H,16,18). The van der Waals surface area contributed by atoms with E-state index < -0.39 is 26.6 Å². The summed E-state index contributed by atoms with van der Waals surface area (Å²) in [6.07, 6.45) is 0. The molecular weight excluding hydrogens is 363 g/mol. The predicted molar refractivity (Wildman–Crippen MR) is 81.8 cm³/mol. The van der Waals surface area contributed by atoms with Gasteiger partial charge in [0.15, 0.2) is 0 Å². The Hall–Kier alpha value is -0.990. The number of halogens is 2. The number of rotatable bonds is 6. The van der Waals surface area contributed by atoms with Gasteiger partial charge in [-0.1, -0.05) is 29.8 Å². The van der Waals surface area contributed by atoms with E-state index in [1.54, 1.807) is 0 Å². The minimum atomic E-state index is -4.04. The summed E-state index contributed by atoms with van der Waals surface area (Å²) >= 11 is 3.06. The lowest BCUT2D eigenvalue weighted by Crippen LogP contribution is -2.39. The van der Waals surface area contributed by atoms with Crippen molar-refractivity contribution in [2.45, 2.75) is 18.7 Å². The summed E-state index contributed by atoms with van der Waals surface area (Å²) in [6, 6.07) is 3.67. The summed E-state index contributed by atoms with van der Waals surface area (Å²) in [6.45, 7) is 3.96. The Bertz CT molecular complexity index is 620. The van der Waals surface area contributed by atoms with Gasteiger partial charge in [-0.2, -0.15) is 4.31 Å². The summed E-state index contributed by atoms with van der Waals surface area (Å²) in [5.41, 5.74) is 0. The summed E-state index contributed by atoms with van der Waals surface area (Å²) < 4.78 is 39.5. The fourth-order valence-electron chi connectivity index (χ4n) is 1.51. The quantitative estimate of drug-likeness (QED) is 0.820. The number of benzene rings is 1. The molecule has 0 aliphatic carbocycles. The number of nitrogens with zero attached hydrogens (tertiary/aromatic N) is 1. The van der Waals surface area contributed by atoms with Gasteiger partial charge in [-0.3, -0.25) is 4.79 Å². The van der Waals surface area contributed by atoms with E-state index in [0.29, 0.717) is 11.0 Å². The van der Waals surface area contributed by atoms with E-state index in [0.717, 1.165) is 16.4 Å². The average Bonchev–Trinajstić information content (AvgIpc) is 2.35. The van der Waals surface area contributed by atoms with Gasteiger partial charge < -0.3 is 5.32 Å². The van der Waals surface area contributed by atoms with Crippen LogP contribution in [0.3, 0.4) is 0 Å². The summed E-state index contributed by atoms with van der Waals surface area (Å²) in [5, 5.41) is 2.61. The highest BCUT2D eigenvalue weighted by Gasteiger charge is 2.26. The number of hydrogen-bond donors (Lipinski definition) is 1. The molecule has 0 radical (unpaired) electrons. The zero-order valence-electron chi connectivity index (χ0n) is 12.1. The normalized spacial score (nSPS) is 12.0. The molecule has 0 heterocycles. The number of sulfonamides is 1. The third kappa shape index (κ3) is 5.05. The highest BCUT2D eigenvalue weighted by Crippen LogP contribution is 2.21. The van der Waals surface area contributed by atoms with Crippen LogP contribution in [-0.2, 0) is 14.8 Å². The molecule has 118 valence electrons. The maximum absolute atomic E-state index is 13.8. The first kappa shape index (κ1) is 18.1. The van der Waals surface area contributed by atoms with Crippen LogP contribution in [0.4, 0.5) is 4.39 Å². The van der Waals surface area contributed by atoms with Crippen LogP contribution in [0.25, 0.3) is 0 Å². The maximum Gasteiger partial charge on any atom is 0.246 e. The second-order valence-corrected chi connectivity index (χ2v) is 7.96. The van der Waals surface area contributed by atoms with E-state index in [2.05, 4.69) is 21.2 Å². The van der Waals surface area contributed by atoms with Crippen molar-refractivity contribution >= 4 is 31.9 Å². The van der Waals surface area contributed by atoms with E-state index in [1.165, 1.54) is 13.1 Å². The Morgan fingerprint density at radius 2 is 2.05 bits per heavy atom. The molecule has 0 spiro atoms. The first-order valence-corrected chi connectivity index (χ1v) is 8.56. The molecule has 0 saturated heterocycles. The minimum absolute atomic E-state index is 0.264. The molecule has 0 bridgehead atoms. The SMILES string of the molecule is CC(C)CNC(=O)CN(C)S(=O)(=O)c1ccc(Br)cc1F. The molecule has 0 saturated carbocycles. The Balaban J connectivity index is 2.85. The summed E-state index contributed by atoms with van der Waals surface area (Å²) in [5.74, 6) is -1.02. The lowest BCUT2D eigenvalue weighted by molar-refractivity contribution is -0.121. The molecule has 5 nitrogen and oxygen atoms in total. The van der Waals surface area contributed by atoms with Crippen LogP contribution >= 0.6 is 15.9 Å². The predicted octanol–water partition coefficient (Wildman–Crippen LogP) is 1.98. The minimum Gasteiger partial charge on any atom is -0.355 e. The molecule has 1 amide bonds. The molecule has 0 aliphatic heterocycles. The first-order valence-electron chi connectivity index (χ1n) is 6.32. The maximum atomic E-state index is 13.8. The second kappa shape index (κ2) is 7.33. The Morgan fingerprint density at radius 1 is 1.43 bits per heavy atom. The van der Waals surface area contributed by atoms with Crippen LogP contribution in [-0.4, -0.2) is 38.8 Å². The van der Waals surface area contributed by atoms with E-state index in [1.807, 2.05) is 13.8 Å². The van der Waals surface area contributed by atoms with Crippen molar-refractivity contribution in [3.63, 3.8) is 0 Å². The Kier molecular flexibility index (Phi) is 6.30. The van der Waals surface area contributed by atoms with Crippen molar-refractivity contribution in [2.75, 3.05) is 20.1 Å². The van der Waals surface area contributed by atoms with Gasteiger partial charge in [-0.15, -0.1) is 0 Å². The van der Waals surface area contributed by atoms with Gasteiger partial charge >= 0.3 is 0 Å². The lowest BCUT2D eigenvalue weighted by atomic mass is 10.2. The number of hydrogen-bond acceptors (Lipinski definition) is 3. The van der Waals surface area contributed by atoms with E-state index in [4.69, 9.17) is 0 Å². The van der Waals surface area contributed by atoms with Gasteiger partial charge in [0.1, 0.15) is 10.7 Å². The van der Waals surface area contributed by atoms with Gasteiger partial charge in [0.05, 0.1) is 6.54 Å². The number of carbonyl (C=O) groups is 1. The zero-order valence-corrected chi connectivity index (χ0v) is 14.5. The monoisotopic (exact) mass is 380 g/mol. The highest BCUT2D eigenvalue weighted by molar-refractivity contribution is 9.10. The van der Waals surface area contributed by atoms with Crippen LogP contribution in [0.1, 0.15) is 13.8 Å². The fourth-order valence-corrected chi connectivity index (χ4v) is 3.01. The third-order valence-corrected chi connectivity index (χ3v) is 4.99. The molecule has 0 fully saturated rings. The molecular formula is C13H18BrFN2O3S. The van der Waals surface area contributed by atoms with Crippen molar-refractivity contribution in [3.05, 3.63) is 28.5 Å². The number of likely N-dealkylation sites (N-methyl/N-ethyl adjacent to an activating group) is 1. The molecule has 1 aromatic carbocycles. The van der Waals surface area contributed by atoms with Gasteiger partial charge in [0, 0.05) is 18.1 Å². The molecule has 21 heavy (non-hydrogen) atoms. The van der Waals surface area contributed by atoms with E-state index in [-0.39, 0.29) is 12.5 Å². The van der Waals surface area contributed by atoms with Crippen molar-refractivity contribution in [3.8, 4) is 0 Å². The van der Waals surface area contributed by atoms with E-state index >= 15 is 0 Å². The fraction of sp³-hybridized carbons (Fsp3) is 0.462. The molecule has 1 N–H and O–H groups in total.